The highest BCUT2D eigenvalue weighted by Crippen LogP contribution is 2.55. The zero-order valence-electron chi connectivity index (χ0n) is 19.7. The first-order chi connectivity index (χ1) is 17.5. The molecule has 2 amide bonds. The number of likely N-dealkylation sites (N-methyl/N-ethyl adjacent to an activating group) is 1. The van der Waals surface area contributed by atoms with Gasteiger partial charge in [0.2, 0.25) is 0 Å². The molecule has 2 saturated heterocycles. The van der Waals surface area contributed by atoms with E-state index in [1.54, 1.807) is 4.90 Å². The molecule has 0 aliphatic carbocycles. The molecule has 178 valence electrons. The van der Waals surface area contributed by atoms with Gasteiger partial charge < -0.3 is 28.8 Å². The van der Waals surface area contributed by atoms with Crippen LogP contribution < -0.4 is 5.32 Å². The van der Waals surface area contributed by atoms with Crippen LogP contribution in [0.5, 0.6) is 0 Å². The monoisotopic (exact) mass is 478 g/mol. The highest BCUT2D eigenvalue weighted by Gasteiger charge is 2.59. The Kier molecular flexibility index (Phi) is 3.11. The smallest absolute Gasteiger partial charge is 0.410 e. The van der Waals surface area contributed by atoms with Crippen molar-refractivity contribution < 1.29 is 19.1 Å². The number of rotatable bonds is 0. The molecular weight excluding hydrogens is 456 g/mol. The molecular formula is C28H22N4O4. The van der Waals surface area contributed by atoms with Crippen molar-refractivity contribution in [2.24, 2.45) is 0 Å². The molecule has 1 N–H and O–H groups in total. The average Bonchev–Trinajstić information content (AvgIpc) is 3.58. The van der Waals surface area contributed by atoms with Gasteiger partial charge in [0.25, 0.3) is 5.91 Å². The molecule has 8 heteroatoms. The maximum Gasteiger partial charge on any atom is 0.410 e. The van der Waals surface area contributed by atoms with Crippen molar-refractivity contribution in [1.82, 2.24) is 19.4 Å². The van der Waals surface area contributed by atoms with Crippen LogP contribution in [0.3, 0.4) is 0 Å². The van der Waals surface area contributed by atoms with Gasteiger partial charge in [0.05, 0.1) is 33.7 Å². The maximum absolute atomic E-state index is 13.3. The number of benzene rings is 3. The molecule has 2 bridgehead atoms. The molecule has 4 aliphatic rings. The zero-order valence-corrected chi connectivity index (χ0v) is 19.7. The van der Waals surface area contributed by atoms with E-state index >= 15 is 0 Å². The number of carbonyl (C=O) groups excluding carboxylic acids is 2. The SMILES string of the molecule is CN1C(=O)OC2C1CC1OC2(C)n2c3ccccc3c3c4c(c5c6ccccc6n1c5c32)C(=O)NC4. The Morgan fingerprint density at radius 2 is 1.69 bits per heavy atom. The van der Waals surface area contributed by atoms with E-state index < -0.39 is 11.8 Å². The van der Waals surface area contributed by atoms with Crippen molar-refractivity contribution in [2.45, 2.75) is 44.0 Å². The van der Waals surface area contributed by atoms with Crippen LogP contribution in [0.15, 0.2) is 48.5 Å². The van der Waals surface area contributed by atoms with Crippen molar-refractivity contribution in [3.63, 3.8) is 0 Å². The van der Waals surface area contributed by atoms with Gasteiger partial charge in [-0.1, -0.05) is 36.4 Å². The van der Waals surface area contributed by atoms with Crippen LogP contribution in [-0.2, 0) is 21.7 Å². The Bertz CT molecular complexity index is 1880. The van der Waals surface area contributed by atoms with Crippen molar-refractivity contribution >= 4 is 55.6 Å². The molecule has 4 aliphatic heterocycles. The van der Waals surface area contributed by atoms with Crippen LogP contribution in [0.1, 0.15) is 35.5 Å². The van der Waals surface area contributed by atoms with Gasteiger partial charge in [-0.05, 0) is 24.6 Å². The summed E-state index contributed by atoms with van der Waals surface area (Å²) in [5.74, 6) is -0.0310. The second kappa shape index (κ2) is 5.84. The van der Waals surface area contributed by atoms with Crippen molar-refractivity contribution in [1.29, 1.82) is 0 Å². The number of ether oxygens (including phenoxy) is 2. The topological polar surface area (TPSA) is 77.7 Å². The van der Waals surface area contributed by atoms with Gasteiger partial charge in [0.15, 0.2) is 11.8 Å². The van der Waals surface area contributed by atoms with Gasteiger partial charge in [-0.3, -0.25) is 4.79 Å². The van der Waals surface area contributed by atoms with E-state index in [0.717, 1.165) is 54.7 Å². The van der Waals surface area contributed by atoms with E-state index in [9.17, 15) is 9.59 Å². The highest BCUT2D eigenvalue weighted by molar-refractivity contribution is 6.31. The summed E-state index contributed by atoms with van der Waals surface area (Å²) in [6.07, 6.45) is -0.520. The van der Waals surface area contributed by atoms with Gasteiger partial charge in [-0.25, -0.2) is 4.79 Å². The lowest BCUT2D eigenvalue weighted by Gasteiger charge is -2.45. The molecule has 4 atom stereocenters. The highest BCUT2D eigenvalue weighted by atomic mass is 16.6. The first-order valence-electron chi connectivity index (χ1n) is 12.4. The number of aromatic nitrogens is 2. The molecule has 4 unspecified atom stereocenters. The Morgan fingerprint density at radius 1 is 0.972 bits per heavy atom. The second-order valence-electron chi connectivity index (χ2n) is 10.6. The Labute approximate surface area is 204 Å². The summed E-state index contributed by atoms with van der Waals surface area (Å²) in [6.45, 7) is 2.53. The first kappa shape index (κ1) is 19.2. The summed E-state index contributed by atoms with van der Waals surface area (Å²) >= 11 is 0. The first-order valence-corrected chi connectivity index (χ1v) is 12.4. The van der Waals surface area contributed by atoms with E-state index in [0.29, 0.717) is 13.0 Å². The van der Waals surface area contributed by atoms with Gasteiger partial charge in [-0.2, -0.15) is 0 Å². The quantitative estimate of drug-likeness (QED) is 0.354. The lowest BCUT2D eigenvalue weighted by atomic mass is 9.93. The molecule has 0 saturated carbocycles. The van der Waals surface area contributed by atoms with E-state index in [1.807, 2.05) is 38.2 Å². The molecule has 8 nitrogen and oxygen atoms in total. The summed E-state index contributed by atoms with van der Waals surface area (Å²) in [6, 6.07) is 16.4. The van der Waals surface area contributed by atoms with E-state index in [-0.39, 0.29) is 24.3 Å². The Hall–Kier alpha value is -4.04. The van der Waals surface area contributed by atoms with Crippen LogP contribution in [-0.4, -0.2) is 45.2 Å². The number of carbonyl (C=O) groups is 2. The number of amides is 2. The molecule has 6 heterocycles. The summed E-state index contributed by atoms with van der Waals surface area (Å²) in [7, 11) is 1.81. The molecule has 3 aromatic carbocycles. The standard InChI is InChI=1S/C28H22N4O4/c1-28-25-18(30(2)27(34)35-25)11-19(36-28)31-16-9-5-3-7-13(16)21-22-15(12-29-26(22)33)20-14-8-4-6-10-17(14)32(28)24(20)23(21)31/h3-10,18-19,25H,11-12H2,1-2H3,(H,29,33). The minimum Gasteiger partial charge on any atom is -0.439 e. The molecule has 0 spiro atoms. The summed E-state index contributed by atoms with van der Waals surface area (Å²) in [4.78, 5) is 27.8. The molecule has 36 heavy (non-hydrogen) atoms. The molecule has 0 radical (unpaired) electrons. The number of nitrogens with zero attached hydrogens (tertiary/aromatic N) is 3. The predicted octanol–water partition coefficient (Wildman–Crippen LogP) is 4.57. The van der Waals surface area contributed by atoms with Crippen molar-refractivity contribution in [2.75, 3.05) is 7.05 Å². The third-order valence-electron chi connectivity index (χ3n) is 8.96. The van der Waals surface area contributed by atoms with Crippen LogP contribution in [0.25, 0.3) is 43.6 Å². The third-order valence-corrected chi connectivity index (χ3v) is 8.96. The van der Waals surface area contributed by atoms with Gasteiger partial charge in [-0.15, -0.1) is 0 Å². The summed E-state index contributed by atoms with van der Waals surface area (Å²) in [5.41, 5.74) is 4.94. The minimum absolute atomic E-state index is 0.0310. The van der Waals surface area contributed by atoms with Gasteiger partial charge in [0.1, 0.15) is 6.23 Å². The maximum atomic E-state index is 13.3. The van der Waals surface area contributed by atoms with Crippen LogP contribution >= 0.6 is 0 Å². The molecule has 2 fully saturated rings. The number of para-hydroxylation sites is 2. The minimum atomic E-state index is -0.938. The molecule has 2 aromatic heterocycles. The lowest BCUT2D eigenvalue weighted by molar-refractivity contribution is -0.240. The molecule has 9 rings (SSSR count). The number of hydrogen-bond acceptors (Lipinski definition) is 4. The van der Waals surface area contributed by atoms with Crippen molar-refractivity contribution in [3.8, 4) is 0 Å². The number of hydrogen-bond donors (Lipinski definition) is 1. The largest absolute Gasteiger partial charge is 0.439 e. The van der Waals surface area contributed by atoms with Gasteiger partial charge >= 0.3 is 6.09 Å². The van der Waals surface area contributed by atoms with Crippen LogP contribution in [0.2, 0.25) is 0 Å². The Balaban J connectivity index is 1.60. The zero-order chi connectivity index (χ0) is 24.1. The van der Waals surface area contributed by atoms with E-state index in [4.69, 9.17) is 9.47 Å². The fourth-order valence-corrected chi connectivity index (χ4v) is 7.53. The van der Waals surface area contributed by atoms with Gasteiger partial charge in [0, 0.05) is 41.6 Å². The van der Waals surface area contributed by atoms with E-state index in [1.165, 1.54) is 0 Å². The fraction of sp³-hybridized carbons (Fsp3) is 0.286. The third kappa shape index (κ3) is 1.87. The summed E-state index contributed by atoms with van der Waals surface area (Å²) in [5, 5.41) is 7.26. The molecule has 5 aromatic rings. The van der Waals surface area contributed by atoms with Crippen LogP contribution in [0, 0.1) is 0 Å². The normalized spacial score (nSPS) is 28.3. The van der Waals surface area contributed by atoms with E-state index in [2.05, 4.69) is 38.7 Å². The number of nitrogens with one attached hydrogen (secondary N) is 1. The second-order valence-corrected chi connectivity index (χ2v) is 10.6. The lowest BCUT2D eigenvalue weighted by Crippen LogP contribution is -2.56. The average molecular weight is 479 g/mol. The van der Waals surface area contributed by atoms with Crippen LogP contribution in [0.4, 0.5) is 4.79 Å². The van der Waals surface area contributed by atoms with Crippen molar-refractivity contribution in [3.05, 3.63) is 59.7 Å². The fourth-order valence-electron chi connectivity index (χ4n) is 7.53. The summed E-state index contributed by atoms with van der Waals surface area (Å²) < 4.78 is 17.5. The predicted molar refractivity (Wildman–Crippen MR) is 134 cm³/mol. The Morgan fingerprint density at radius 3 is 2.50 bits per heavy atom. The number of fused-ring (bicyclic) bond motifs is 15.